The molecule has 2 aromatic rings. The second-order valence-electron chi connectivity index (χ2n) is 11.4. The smallest absolute Gasteiger partial charge is 0.416 e. The van der Waals surface area contributed by atoms with E-state index in [1.807, 2.05) is 31.1 Å². The molecule has 1 aromatic carbocycles. The van der Waals surface area contributed by atoms with Gasteiger partial charge in [-0.2, -0.15) is 13.2 Å². The summed E-state index contributed by atoms with van der Waals surface area (Å²) in [5, 5.41) is 3.57. The number of anilines is 1. The number of nitrogens with zero attached hydrogens (tertiary/aromatic N) is 3. The van der Waals surface area contributed by atoms with E-state index < -0.39 is 11.7 Å². The van der Waals surface area contributed by atoms with Crippen molar-refractivity contribution >= 4 is 11.7 Å². The Balaban J connectivity index is 1.72. The minimum absolute atomic E-state index is 0.0159. The molecule has 9 heteroatoms. The minimum atomic E-state index is -4.44. The molecular formula is C31H43F3N4O2. The van der Waals surface area contributed by atoms with Crippen molar-refractivity contribution in [2.75, 3.05) is 26.1 Å². The van der Waals surface area contributed by atoms with Crippen LogP contribution in [0.15, 0.2) is 36.5 Å². The zero-order chi connectivity index (χ0) is 28.9. The molecule has 6 nitrogen and oxygen atoms in total. The van der Waals surface area contributed by atoms with Gasteiger partial charge in [0.15, 0.2) is 0 Å². The van der Waals surface area contributed by atoms with Gasteiger partial charge in [-0.05, 0) is 49.9 Å². The van der Waals surface area contributed by atoms with Gasteiger partial charge in [0.25, 0.3) is 0 Å². The summed E-state index contributed by atoms with van der Waals surface area (Å²) < 4.78 is 46.0. The maximum absolute atomic E-state index is 14.2. The number of halogens is 3. The Morgan fingerprint density at radius 3 is 2.58 bits per heavy atom. The highest BCUT2D eigenvalue weighted by atomic mass is 19.4. The zero-order valence-corrected chi connectivity index (χ0v) is 24.1. The first kappa shape index (κ1) is 30.2. The number of alkyl halides is 3. The number of benzene rings is 1. The molecule has 1 aliphatic heterocycles. The second-order valence-corrected chi connectivity index (χ2v) is 11.4. The number of ether oxygens (including phenoxy) is 1. The number of unbranched alkanes of at least 4 members (excludes halogenated alkanes) is 1. The first-order valence-electron chi connectivity index (χ1n) is 14.6. The lowest BCUT2D eigenvalue weighted by atomic mass is 9.87. The number of carbonyl (C=O) groups is 1. The largest absolute Gasteiger partial charge is 0.496 e. The molecule has 1 amide bonds. The molecular weight excluding hydrogens is 517 g/mol. The quantitative estimate of drug-likeness (QED) is 0.349. The summed E-state index contributed by atoms with van der Waals surface area (Å²) in [5.41, 5.74) is 0.701. The average Bonchev–Trinajstić information content (AvgIpc) is 3.32. The number of carbonyl (C=O) groups excluding carboxylic acids is 1. The Bertz CT molecular complexity index is 1130. The molecule has 40 heavy (non-hydrogen) atoms. The van der Waals surface area contributed by atoms with Crippen molar-refractivity contribution < 1.29 is 22.7 Å². The van der Waals surface area contributed by atoms with Crippen molar-refractivity contribution in [2.24, 2.45) is 5.92 Å². The number of rotatable bonds is 10. The van der Waals surface area contributed by atoms with Gasteiger partial charge in [0.1, 0.15) is 11.6 Å². The van der Waals surface area contributed by atoms with Crippen LogP contribution in [-0.4, -0.2) is 49.1 Å². The second kappa shape index (κ2) is 13.2. The van der Waals surface area contributed by atoms with Gasteiger partial charge in [-0.3, -0.25) is 4.79 Å². The van der Waals surface area contributed by atoms with Crippen LogP contribution < -0.4 is 15.0 Å². The number of methoxy groups -OCH3 is 1. The van der Waals surface area contributed by atoms with E-state index in [1.165, 1.54) is 19.6 Å². The van der Waals surface area contributed by atoms with Crippen LogP contribution in [-0.2, 0) is 17.5 Å². The fraction of sp³-hybridized carbons (Fsp3) is 0.613. The van der Waals surface area contributed by atoms with Crippen molar-refractivity contribution in [1.29, 1.82) is 0 Å². The standard InChI is InChI=1S/C31H43F3N4O2/c1-5-6-13-24-19-26(36-20-22-18-23(31(32,33)34)15-16-27(22)40-4)28(25-14-10-17-35-29(25)37(2)3)38(24)30(39)21-11-8-7-9-12-21/h10,14-18,21,24,26,28,36H,5-9,11-13,19-20H2,1-4H3. The first-order chi connectivity index (χ1) is 19.2. The Morgan fingerprint density at radius 1 is 1.18 bits per heavy atom. The molecule has 1 saturated carbocycles. The molecule has 1 N–H and O–H groups in total. The van der Waals surface area contributed by atoms with Crippen molar-refractivity contribution in [3.8, 4) is 5.75 Å². The highest BCUT2D eigenvalue weighted by Gasteiger charge is 2.46. The van der Waals surface area contributed by atoms with Crippen LogP contribution in [0.1, 0.15) is 87.4 Å². The molecule has 0 spiro atoms. The van der Waals surface area contributed by atoms with E-state index in [0.717, 1.165) is 74.9 Å². The average molecular weight is 561 g/mol. The van der Waals surface area contributed by atoms with Crippen molar-refractivity contribution in [2.45, 2.75) is 95.6 Å². The number of hydrogen-bond donors (Lipinski definition) is 1. The fourth-order valence-electron chi connectivity index (χ4n) is 6.44. The fourth-order valence-corrected chi connectivity index (χ4v) is 6.44. The van der Waals surface area contributed by atoms with Gasteiger partial charge in [0.2, 0.25) is 5.91 Å². The van der Waals surface area contributed by atoms with Crippen LogP contribution in [0.2, 0.25) is 0 Å². The Hall–Kier alpha value is -2.81. The normalized spacial score (nSPS) is 22.0. The summed E-state index contributed by atoms with van der Waals surface area (Å²) in [6, 6.07) is 7.13. The van der Waals surface area contributed by atoms with Crippen LogP contribution in [0.4, 0.5) is 19.0 Å². The van der Waals surface area contributed by atoms with Crippen LogP contribution >= 0.6 is 0 Å². The number of likely N-dealkylation sites (tertiary alicyclic amines) is 1. The summed E-state index contributed by atoms with van der Waals surface area (Å²) in [4.78, 5) is 23.0. The molecule has 2 heterocycles. The van der Waals surface area contributed by atoms with Crippen LogP contribution in [0, 0.1) is 5.92 Å². The van der Waals surface area contributed by atoms with E-state index in [0.29, 0.717) is 11.3 Å². The van der Waals surface area contributed by atoms with Gasteiger partial charge >= 0.3 is 6.18 Å². The van der Waals surface area contributed by atoms with E-state index >= 15 is 0 Å². The number of amides is 1. The lowest BCUT2D eigenvalue weighted by molar-refractivity contribution is -0.140. The zero-order valence-electron chi connectivity index (χ0n) is 24.1. The summed E-state index contributed by atoms with van der Waals surface area (Å²) in [6.45, 7) is 2.35. The molecule has 1 aromatic heterocycles. The van der Waals surface area contributed by atoms with Crippen LogP contribution in [0.3, 0.4) is 0 Å². The molecule has 3 atom stereocenters. The molecule has 2 aliphatic rings. The first-order valence-corrected chi connectivity index (χ1v) is 14.6. The molecule has 0 bridgehead atoms. The molecule has 3 unspecified atom stereocenters. The van der Waals surface area contributed by atoms with Crippen molar-refractivity contribution in [1.82, 2.24) is 15.2 Å². The lowest BCUT2D eigenvalue weighted by Crippen LogP contribution is -2.44. The molecule has 4 rings (SSSR count). The topological polar surface area (TPSA) is 57.7 Å². The van der Waals surface area contributed by atoms with Crippen molar-refractivity contribution in [3.63, 3.8) is 0 Å². The number of aromatic nitrogens is 1. The third-order valence-corrected chi connectivity index (χ3v) is 8.42. The van der Waals surface area contributed by atoms with E-state index in [2.05, 4.69) is 22.1 Å². The van der Waals surface area contributed by atoms with Gasteiger partial charge < -0.3 is 19.9 Å². The highest BCUT2D eigenvalue weighted by Crippen LogP contribution is 2.43. The molecule has 1 aliphatic carbocycles. The summed E-state index contributed by atoms with van der Waals surface area (Å²) in [7, 11) is 5.35. The summed E-state index contributed by atoms with van der Waals surface area (Å²) in [5.74, 6) is 1.43. The Kier molecular flexibility index (Phi) is 9.98. The van der Waals surface area contributed by atoms with E-state index in [-0.39, 0.29) is 36.5 Å². The van der Waals surface area contributed by atoms with Crippen molar-refractivity contribution in [3.05, 3.63) is 53.2 Å². The van der Waals surface area contributed by atoms with E-state index in [1.54, 1.807) is 6.20 Å². The maximum Gasteiger partial charge on any atom is 0.416 e. The minimum Gasteiger partial charge on any atom is -0.496 e. The van der Waals surface area contributed by atoms with E-state index in [4.69, 9.17) is 4.74 Å². The lowest BCUT2D eigenvalue weighted by Gasteiger charge is -2.37. The molecule has 2 fully saturated rings. The SMILES string of the molecule is CCCCC1CC(NCc2cc(C(F)(F)F)ccc2OC)C(c2cccnc2N(C)C)N1C(=O)C1CCCCC1. The maximum atomic E-state index is 14.2. The van der Waals surface area contributed by atoms with Gasteiger partial charge in [-0.25, -0.2) is 4.98 Å². The van der Waals surface area contributed by atoms with Gasteiger partial charge in [0, 0.05) is 56.0 Å². The molecule has 0 radical (unpaired) electrons. The monoisotopic (exact) mass is 560 g/mol. The predicted molar refractivity (Wildman–Crippen MR) is 151 cm³/mol. The van der Waals surface area contributed by atoms with Gasteiger partial charge in [-0.15, -0.1) is 0 Å². The van der Waals surface area contributed by atoms with Crippen LogP contribution in [0.25, 0.3) is 0 Å². The third-order valence-electron chi connectivity index (χ3n) is 8.42. The highest BCUT2D eigenvalue weighted by molar-refractivity contribution is 5.80. The number of nitrogens with one attached hydrogen (secondary N) is 1. The van der Waals surface area contributed by atoms with Gasteiger partial charge in [-0.1, -0.05) is 45.1 Å². The molecule has 220 valence electrons. The summed E-state index contributed by atoms with van der Waals surface area (Å²) in [6.07, 6.45) is 6.11. The Morgan fingerprint density at radius 2 is 1.93 bits per heavy atom. The molecule has 1 saturated heterocycles. The third kappa shape index (κ3) is 6.73. The number of pyridine rings is 1. The summed E-state index contributed by atoms with van der Waals surface area (Å²) >= 11 is 0. The van der Waals surface area contributed by atoms with Crippen LogP contribution in [0.5, 0.6) is 5.75 Å². The predicted octanol–water partition coefficient (Wildman–Crippen LogP) is 6.75. The van der Waals surface area contributed by atoms with E-state index in [9.17, 15) is 18.0 Å². The number of hydrogen-bond acceptors (Lipinski definition) is 5. The van der Waals surface area contributed by atoms with Gasteiger partial charge in [0.05, 0.1) is 18.7 Å². The Labute approximate surface area is 236 Å².